The topological polar surface area (TPSA) is 91.3 Å². The van der Waals surface area contributed by atoms with Crippen LogP contribution in [-0.4, -0.2) is 75.6 Å². The predicted molar refractivity (Wildman–Crippen MR) is 288 cm³/mol. The van der Waals surface area contributed by atoms with Crippen molar-refractivity contribution in [2.75, 3.05) is 54.1 Å². The van der Waals surface area contributed by atoms with Crippen molar-refractivity contribution in [1.29, 1.82) is 0 Å². The van der Waals surface area contributed by atoms with E-state index in [1.54, 1.807) is 0 Å². The molecule has 67 heavy (non-hydrogen) atoms. The molecule has 0 spiro atoms. The van der Waals surface area contributed by atoms with Gasteiger partial charge in [0.25, 0.3) is 0 Å². The van der Waals surface area contributed by atoms with Crippen molar-refractivity contribution >= 4 is 13.8 Å². The highest BCUT2D eigenvalue weighted by Gasteiger charge is 2.26. The van der Waals surface area contributed by atoms with Gasteiger partial charge in [-0.05, 0) is 103 Å². The zero-order valence-electron chi connectivity index (χ0n) is 43.3. The summed E-state index contributed by atoms with van der Waals surface area (Å²) in [5.74, 6) is -0.337. The van der Waals surface area contributed by atoms with E-state index in [0.717, 1.165) is 122 Å². The van der Waals surface area contributed by atoms with Crippen molar-refractivity contribution in [1.82, 2.24) is 0 Å². The van der Waals surface area contributed by atoms with Gasteiger partial charge in [0.05, 0.1) is 34.4 Å². The fourth-order valence-electron chi connectivity index (χ4n) is 6.55. The minimum atomic E-state index is -4.30. The van der Waals surface area contributed by atoms with Crippen LogP contribution < -0.4 is 0 Å². The molecule has 8 nitrogen and oxygen atoms in total. The maximum Gasteiger partial charge on any atom is 0.472 e. The molecule has 0 saturated heterocycles. The minimum absolute atomic E-state index is 0.0754. The number of hydrogen-bond acceptors (Lipinski definition) is 6. The van der Waals surface area contributed by atoms with Gasteiger partial charge < -0.3 is 18.9 Å². The zero-order valence-corrected chi connectivity index (χ0v) is 44.2. The van der Waals surface area contributed by atoms with Gasteiger partial charge in [-0.25, -0.2) is 4.57 Å². The first kappa shape index (κ1) is 63.9. The number of quaternary nitrogens is 1. The molecule has 0 saturated carbocycles. The van der Waals surface area contributed by atoms with Crippen LogP contribution in [0.5, 0.6) is 0 Å². The highest BCUT2D eigenvalue weighted by atomic mass is 31.2. The number of ether oxygens (including phenoxy) is 2. The summed E-state index contributed by atoms with van der Waals surface area (Å²) in [6, 6.07) is 0. The summed E-state index contributed by atoms with van der Waals surface area (Å²) in [4.78, 5) is 23.0. The van der Waals surface area contributed by atoms with E-state index in [0.29, 0.717) is 24.1 Å². The Balaban J connectivity index is 4.23. The molecular formula is C58H99NO7P+. The summed E-state index contributed by atoms with van der Waals surface area (Å²) in [5.41, 5.74) is 0. The van der Waals surface area contributed by atoms with Crippen LogP contribution >= 0.6 is 7.82 Å². The molecule has 0 rings (SSSR count). The third-order valence-corrected chi connectivity index (χ3v) is 11.5. The van der Waals surface area contributed by atoms with Crippen LogP contribution in [-0.2, 0) is 27.9 Å². The molecule has 0 heterocycles. The van der Waals surface area contributed by atoms with E-state index in [1.165, 1.54) is 38.5 Å². The first-order valence-electron chi connectivity index (χ1n) is 26.3. The standard InChI is InChI=1S/C58H98NO7P/c1-6-8-10-12-14-16-18-20-22-24-26-28-29-30-31-32-33-35-37-39-41-43-45-47-49-51-58(60)66-57(56-65-67(61,62)64-54-52-59(3,4)5)55-63-53-50-48-46-44-42-40-38-36-34-27-25-23-21-19-17-15-13-11-9-7-2/h8-11,14-17,20-23,26-28,30-31,33-35,57H,6-7,12-13,18-19,24-25,29,32,36-56H2,1-5H3/p+1/b10-8-,11-9-,16-14-,17-15-,22-20-,23-21-,28-26-,31-30-,34-27-,35-33-. The Morgan fingerprint density at radius 1 is 0.463 bits per heavy atom. The largest absolute Gasteiger partial charge is 0.472 e. The van der Waals surface area contributed by atoms with Gasteiger partial charge in [0.2, 0.25) is 0 Å². The second-order valence-corrected chi connectivity index (χ2v) is 19.6. The van der Waals surface area contributed by atoms with E-state index in [9.17, 15) is 14.3 Å². The summed E-state index contributed by atoms with van der Waals surface area (Å²) < 4.78 is 35.2. The molecule has 2 unspecified atom stereocenters. The van der Waals surface area contributed by atoms with Crippen molar-refractivity contribution < 1.29 is 37.3 Å². The molecular weight excluding hydrogens is 854 g/mol. The summed E-state index contributed by atoms with van der Waals surface area (Å²) in [6.45, 7) is 5.32. The molecule has 9 heteroatoms. The maximum absolute atomic E-state index is 12.8. The average molecular weight is 953 g/mol. The summed E-state index contributed by atoms with van der Waals surface area (Å²) in [5, 5.41) is 0. The van der Waals surface area contributed by atoms with E-state index < -0.39 is 13.9 Å². The molecule has 0 aromatic heterocycles. The van der Waals surface area contributed by atoms with Gasteiger partial charge in [-0.1, -0.05) is 193 Å². The van der Waals surface area contributed by atoms with Gasteiger partial charge in [0.1, 0.15) is 19.3 Å². The van der Waals surface area contributed by atoms with Gasteiger partial charge >= 0.3 is 13.8 Å². The second-order valence-electron chi connectivity index (χ2n) is 18.1. The second kappa shape index (κ2) is 49.3. The molecule has 0 bridgehead atoms. The quantitative estimate of drug-likeness (QED) is 0.0214. The summed E-state index contributed by atoms with van der Waals surface area (Å²) in [7, 11) is 1.63. The normalized spacial score (nSPS) is 14.5. The van der Waals surface area contributed by atoms with Crippen LogP contribution in [0.3, 0.4) is 0 Å². The van der Waals surface area contributed by atoms with Crippen LogP contribution in [0.1, 0.15) is 181 Å². The molecule has 0 aliphatic heterocycles. The number of unbranched alkanes of at least 4 members (excludes halogenated alkanes) is 13. The van der Waals surface area contributed by atoms with Gasteiger partial charge in [-0.15, -0.1) is 0 Å². The fraction of sp³-hybridized carbons (Fsp3) is 0.638. The van der Waals surface area contributed by atoms with E-state index >= 15 is 0 Å². The Kier molecular flexibility index (Phi) is 47.0. The highest BCUT2D eigenvalue weighted by Crippen LogP contribution is 2.43. The number of allylic oxidation sites excluding steroid dienone is 20. The van der Waals surface area contributed by atoms with E-state index in [4.69, 9.17) is 18.5 Å². The smallest absolute Gasteiger partial charge is 0.457 e. The lowest BCUT2D eigenvalue weighted by atomic mass is 10.1. The first-order chi connectivity index (χ1) is 32.6. The lowest BCUT2D eigenvalue weighted by Gasteiger charge is -2.24. The van der Waals surface area contributed by atoms with Crippen LogP contribution in [0.4, 0.5) is 0 Å². The van der Waals surface area contributed by atoms with E-state index in [-0.39, 0.29) is 25.8 Å². The van der Waals surface area contributed by atoms with Crippen molar-refractivity contribution in [2.45, 2.75) is 187 Å². The van der Waals surface area contributed by atoms with Crippen LogP contribution in [0, 0.1) is 0 Å². The minimum Gasteiger partial charge on any atom is -0.457 e. The molecule has 2 atom stereocenters. The van der Waals surface area contributed by atoms with E-state index in [2.05, 4.69) is 135 Å². The molecule has 0 radical (unpaired) electrons. The van der Waals surface area contributed by atoms with Crippen LogP contribution in [0.25, 0.3) is 0 Å². The number of rotatable bonds is 47. The van der Waals surface area contributed by atoms with Crippen molar-refractivity contribution in [3.8, 4) is 0 Å². The number of likely N-dealkylation sites (N-methyl/N-ethyl adjacent to an activating group) is 1. The Hall–Kier alpha value is -3.10. The molecule has 0 fully saturated rings. The van der Waals surface area contributed by atoms with Crippen molar-refractivity contribution in [3.63, 3.8) is 0 Å². The number of esters is 1. The number of phosphoric acid groups is 1. The maximum atomic E-state index is 12.8. The van der Waals surface area contributed by atoms with Crippen molar-refractivity contribution in [3.05, 3.63) is 122 Å². The van der Waals surface area contributed by atoms with Gasteiger partial charge in [0, 0.05) is 13.0 Å². The summed E-state index contributed by atoms with van der Waals surface area (Å²) in [6.07, 6.45) is 71.0. The highest BCUT2D eigenvalue weighted by molar-refractivity contribution is 7.47. The van der Waals surface area contributed by atoms with Gasteiger partial charge in [0.15, 0.2) is 0 Å². The van der Waals surface area contributed by atoms with Crippen molar-refractivity contribution in [2.24, 2.45) is 0 Å². The molecule has 0 aliphatic rings. The number of carbonyl (C=O) groups excluding carboxylic acids is 1. The van der Waals surface area contributed by atoms with Crippen LogP contribution in [0.15, 0.2) is 122 Å². The molecule has 0 aromatic rings. The monoisotopic (exact) mass is 953 g/mol. The number of nitrogens with zero attached hydrogens (tertiary/aromatic N) is 1. The Labute approximate surface area is 412 Å². The average Bonchev–Trinajstić information content (AvgIpc) is 3.29. The molecule has 0 aromatic carbocycles. The first-order valence-corrected chi connectivity index (χ1v) is 27.8. The molecule has 0 aliphatic carbocycles. The lowest BCUT2D eigenvalue weighted by Crippen LogP contribution is -2.37. The third kappa shape index (κ3) is 53.7. The number of carbonyl (C=O) groups is 1. The zero-order chi connectivity index (χ0) is 49.0. The van der Waals surface area contributed by atoms with Gasteiger partial charge in [-0.3, -0.25) is 13.8 Å². The fourth-order valence-corrected chi connectivity index (χ4v) is 7.29. The molecule has 382 valence electrons. The Morgan fingerprint density at radius 3 is 1.22 bits per heavy atom. The van der Waals surface area contributed by atoms with Gasteiger partial charge in [-0.2, -0.15) is 0 Å². The Bertz CT molecular complexity index is 1480. The SMILES string of the molecule is CC/C=C\C/C=C\C/C=C\C/C=C\C/C=C\C/C=C\CCCCCCCCC(=O)OC(COCCCCCCCCC/C=C\C/C=C\C/C=C\C/C=C\CC)COP(=O)(O)OCC[N+](C)(C)C. The predicted octanol–water partition coefficient (Wildman–Crippen LogP) is 16.5. The molecule has 1 N–H and O–H groups in total. The summed E-state index contributed by atoms with van der Waals surface area (Å²) >= 11 is 0. The number of phosphoric ester groups is 1. The third-order valence-electron chi connectivity index (χ3n) is 10.5. The van der Waals surface area contributed by atoms with Crippen LogP contribution in [0.2, 0.25) is 0 Å². The Morgan fingerprint density at radius 2 is 0.821 bits per heavy atom. The van der Waals surface area contributed by atoms with E-state index in [1.807, 2.05) is 21.1 Å². The lowest BCUT2D eigenvalue weighted by molar-refractivity contribution is -0.870. The molecule has 0 amide bonds. The number of hydrogen-bond donors (Lipinski definition) is 1.